The van der Waals surface area contributed by atoms with Gasteiger partial charge in [0.25, 0.3) is 0 Å². The van der Waals surface area contributed by atoms with E-state index in [2.05, 4.69) is 22.5 Å². The number of methoxy groups -OCH3 is 1. The standard InChI is InChI=1S/C21H25N3O3/c1-3-13-12-24-9-7-14(13)10-19(24)20(27-21(22)25)16-6-8-23-18-5-4-15(26-2)11-17(16)18/h3-6,8,11,13-14,19-20H,1,7,9-10,12H2,2H3,(H2,22,25)/t13-,14-,19-,20+/m0/s1. The summed E-state index contributed by atoms with van der Waals surface area (Å²) in [4.78, 5) is 18.6. The van der Waals surface area contributed by atoms with Gasteiger partial charge in [-0.1, -0.05) is 6.08 Å². The van der Waals surface area contributed by atoms with Gasteiger partial charge in [0, 0.05) is 23.7 Å². The maximum atomic E-state index is 11.7. The van der Waals surface area contributed by atoms with Crippen LogP contribution in [0.25, 0.3) is 10.9 Å². The molecular weight excluding hydrogens is 342 g/mol. The van der Waals surface area contributed by atoms with Crippen molar-refractivity contribution < 1.29 is 14.3 Å². The summed E-state index contributed by atoms with van der Waals surface area (Å²) < 4.78 is 11.1. The predicted molar refractivity (Wildman–Crippen MR) is 103 cm³/mol. The third kappa shape index (κ3) is 3.25. The Labute approximate surface area is 158 Å². The summed E-state index contributed by atoms with van der Waals surface area (Å²) in [5.74, 6) is 1.81. The van der Waals surface area contributed by atoms with Crippen LogP contribution in [0.2, 0.25) is 0 Å². The molecule has 0 spiro atoms. The van der Waals surface area contributed by atoms with E-state index in [1.165, 1.54) is 0 Å². The molecule has 5 rings (SSSR count). The Morgan fingerprint density at radius 1 is 1.44 bits per heavy atom. The van der Waals surface area contributed by atoms with Crippen LogP contribution in [0.15, 0.2) is 43.1 Å². The van der Waals surface area contributed by atoms with E-state index in [-0.39, 0.29) is 6.04 Å². The SMILES string of the molecule is C=C[C@H]1CN2CC[C@H]1C[C@H]2[C@H](OC(N)=O)c1ccnc2ccc(OC)cc12. The van der Waals surface area contributed by atoms with Crippen LogP contribution in [0, 0.1) is 11.8 Å². The smallest absolute Gasteiger partial charge is 0.405 e. The number of pyridine rings is 1. The molecule has 3 fully saturated rings. The summed E-state index contributed by atoms with van der Waals surface area (Å²) >= 11 is 0. The fourth-order valence-corrected chi connectivity index (χ4v) is 4.69. The first-order chi connectivity index (χ1) is 13.1. The maximum absolute atomic E-state index is 11.7. The molecule has 0 saturated carbocycles. The van der Waals surface area contributed by atoms with Gasteiger partial charge in [0.1, 0.15) is 11.9 Å². The third-order valence-corrected chi connectivity index (χ3v) is 6.04. The molecule has 27 heavy (non-hydrogen) atoms. The van der Waals surface area contributed by atoms with Crippen molar-refractivity contribution in [1.29, 1.82) is 0 Å². The minimum atomic E-state index is -0.754. The van der Waals surface area contributed by atoms with Crippen molar-refractivity contribution in [3.63, 3.8) is 0 Å². The normalized spacial score (nSPS) is 27.9. The van der Waals surface area contributed by atoms with Crippen molar-refractivity contribution in [3.05, 3.63) is 48.7 Å². The third-order valence-electron chi connectivity index (χ3n) is 6.04. The second kappa shape index (κ2) is 7.19. The number of aromatic nitrogens is 1. The lowest BCUT2D eigenvalue weighted by Crippen LogP contribution is -2.55. The number of hydrogen-bond acceptors (Lipinski definition) is 5. The maximum Gasteiger partial charge on any atom is 0.405 e. The van der Waals surface area contributed by atoms with E-state index in [1.54, 1.807) is 13.3 Å². The van der Waals surface area contributed by atoms with Crippen LogP contribution in [-0.4, -0.2) is 42.2 Å². The summed E-state index contributed by atoms with van der Waals surface area (Å²) in [7, 11) is 1.63. The monoisotopic (exact) mass is 367 g/mol. The Hall–Kier alpha value is -2.60. The summed E-state index contributed by atoms with van der Waals surface area (Å²) in [6, 6.07) is 7.76. The number of nitrogens with two attached hydrogens (primary N) is 1. The van der Waals surface area contributed by atoms with Crippen molar-refractivity contribution >= 4 is 17.0 Å². The van der Waals surface area contributed by atoms with E-state index in [0.717, 1.165) is 48.1 Å². The molecule has 4 heterocycles. The minimum Gasteiger partial charge on any atom is -0.497 e. The number of hydrogen-bond donors (Lipinski definition) is 1. The van der Waals surface area contributed by atoms with Gasteiger partial charge >= 0.3 is 6.09 Å². The van der Waals surface area contributed by atoms with Gasteiger partial charge < -0.3 is 15.2 Å². The van der Waals surface area contributed by atoms with Crippen LogP contribution in [0.4, 0.5) is 4.79 Å². The average Bonchev–Trinajstić information content (AvgIpc) is 2.71. The molecule has 6 nitrogen and oxygen atoms in total. The number of rotatable bonds is 5. The van der Waals surface area contributed by atoms with Crippen LogP contribution >= 0.6 is 0 Å². The Balaban J connectivity index is 1.76. The van der Waals surface area contributed by atoms with E-state index in [1.807, 2.05) is 24.3 Å². The van der Waals surface area contributed by atoms with Gasteiger partial charge in [-0.3, -0.25) is 9.88 Å². The number of ether oxygens (including phenoxy) is 2. The van der Waals surface area contributed by atoms with Crippen LogP contribution < -0.4 is 10.5 Å². The fourth-order valence-electron chi connectivity index (χ4n) is 4.69. The number of fused-ring (bicyclic) bond motifs is 4. The molecule has 2 bridgehead atoms. The molecule has 3 aliphatic rings. The molecule has 1 aromatic heterocycles. The number of carbonyl (C=O) groups excluding carboxylic acids is 1. The summed E-state index contributed by atoms with van der Waals surface area (Å²) in [5, 5.41) is 0.922. The molecule has 1 unspecified atom stereocenters. The van der Waals surface area contributed by atoms with E-state index in [0.29, 0.717) is 11.8 Å². The van der Waals surface area contributed by atoms with Crippen molar-refractivity contribution in [3.8, 4) is 5.75 Å². The van der Waals surface area contributed by atoms with E-state index in [9.17, 15) is 4.79 Å². The number of carbonyl (C=O) groups is 1. The van der Waals surface area contributed by atoms with Gasteiger partial charge in [0.2, 0.25) is 0 Å². The predicted octanol–water partition coefficient (Wildman–Crippen LogP) is 3.28. The van der Waals surface area contributed by atoms with Crippen LogP contribution in [0.3, 0.4) is 0 Å². The van der Waals surface area contributed by atoms with Crippen LogP contribution in [0.5, 0.6) is 5.75 Å². The lowest BCUT2D eigenvalue weighted by molar-refractivity contribution is -0.0482. The molecule has 2 N–H and O–H groups in total. The zero-order valence-electron chi connectivity index (χ0n) is 15.5. The zero-order valence-corrected chi connectivity index (χ0v) is 15.5. The lowest BCUT2D eigenvalue weighted by atomic mass is 9.73. The van der Waals surface area contributed by atoms with Crippen molar-refractivity contribution in [2.24, 2.45) is 17.6 Å². The quantitative estimate of drug-likeness (QED) is 0.821. The largest absolute Gasteiger partial charge is 0.497 e. The number of primary amides is 1. The molecule has 1 aromatic carbocycles. The van der Waals surface area contributed by atoms with Gasteiger partial charge in [-0.15, -0.1) is 6.58 Å². The van der Waals surface area contributed by atoms with Gasteiger partial charge in [-0.25, -0.2) is 4.79 Å². The second-order valence-corrected chi connectivity index (χ2v) is 7.39. The molecule has 5 atom stereocenters. The molecule has 0 aliphatic carbocycles. The number of benzene rings is 1. The van der Waals surface area contributed by atoms with E-state index in [4.69, 9.17) is 15.2 Å². The first-order valence-electron chi connectivity index (χ1n) is 9.36. The van der Waals surface area contributed by atoms with Gasteiger partial charge in [-0.2, -0.15) is 0 Å². The number of amides is 1. The average molecular weight is 367 g/mol. The Kier molecular flexibility index (Phi) is 4.74. The molecule has 142 valence electrons. The fraction of sp³-hybridized carbons (Fsp3) is 0.429. The Morgan fingerprint density at radius 2 is 2.30 bits per heavy atom. The van der Waals surface area contributed by atoms with Gasteiger partial charge in [-0.05, 0) is 55.5 Å². The highest BCUT2D eigenvalue weighted by molar-refractivity contribution is 5.84. The topological polar surface area (TPSA) is 77.7 Å². The van der Waals surface area contributed by atoms with E-state index < -0.39 is 12.2 Å². The Bertz CT molecular complexity index is 869. The molecule has 3 saturated heterocycles. The molecule has 1 amide bonds. The van der Waals surface area contributed by atoms with Crippen LogP contribution in [0.1, 0.15) is 24.5 Å². The summed E-state index contributed by atoms with van der Waals surface area (Å²) in [5.41, 5.74) is 7.21. The Morgan fingerprint density at radius 3 is 2.96 bits per heavy atom. The second-order valence-electron chi connectivity index (χ2n) is 7.39. The highest BCUT2D eigenvalue weighted by Gasteiger charge is 2.44. The molecular formula is C21H25N3O3. The number of piperidine rings is 3. The summed E-state index contributed by atoms with van der Waals surface area (Å²) in [6.45, 7) is 5.94. The van der Waals surface area contributed by atoms with Crippen LogP contribution in [-0.2, 0) is 4.74 Å². The lowest BCUT2D eigenvalue weighted by Gasteiger charge is -2.51. The molecule has 6 heteroatoms. The highest BCUT2D eigenvalue weighted by atomic mass is 16.6. The zero-order chi connectivity index (χ0) is 19.0. The molecule has 0 radical (unpaired) electrons. The van der Waals surface area contributed by atoms with Crippen molar-refractivity contribution in [2.75, 3.05) is 20.2 Å². The van der Waals surface area contributed by atoms with Crippen molar-refractivity contribution in [1.82, 2.24) is 9.88 Å². The van der Waals surface area contributed by atoms with Gasteiger partial charge in [0.15, 0.2) is 0 Å². The minimum absolute atomic E-state index is 0.101. The first kappa shape index (κ1) is 17.8. The van der Waals surface area contributed by atoms with Gasteiger partial charge in [0.05, 0.1) is 18.7 Å². The molecule has 3 aliphatic heterocycles. The first-order valence-corrected chi connectivity index (χ1v) is 9.36. The van der Waals surface area contributed by atoms with E-state index >= 15 is 0 Å². The summed E-state index contributed by atoms with van der Waals surface area (Å²) in [6.07, 6.45) is 4.74. The van der Waals surface area contributed by atoms with Crippen molar-refractivity contribution in [2.45, 2.75) is 25.0 Å². The number of nitrogens with zero attached hydrogens (tertiary/aromatic N) is 2. The highest BCUT2D eigenvalue weighted by Crippen LogP contribution is 2.43. The molecule has 2 aromatic rings.